The van der Waals surface area contributed by atoms with Gasteiger partial charge in [-0.3, -0.25) is 0 Å². The zero-order valence-electron chi connectivity index (χ0n) is 12.3. The Morgan fingerprint density at radius 2 is 2.20 bits per heavy atom. The highest BCUT2D eigenvalue weighted by atomic mass is 16.3. The molecule has 0 spiro atoms. The third-order valence-corrected chi connectivity index (χ3v) is 6.46. The van der Waals surface area contributed by atoms with Crippen LogP contribution in [-0.2, 0) is 6.42 Å². The normalized spacial score (nSPS) is 38.1. The summed E-state index contributed by atoms with van der Waals surface area (Å²) in [5, 5.41) is 9.70. The van der Waals surface area contributed by atoms with Gasteiger partial charge < -0.3 is 5.11 Å². The second-order valence-corrected chi connectivity index (χ2v) is 7.06. The first kappa shape index (κ1) is 12.5. The Bertz CT molecular complexity index is 559. The van der Waals surface area contributed by atoms with Gasteiger partial charge in [-0.1, -0.05) is 25.1 Å². The van der Waals surface area contributed by atoms with Crippen LogP contribution in [0.2, 0.25) is 0 Å². The molecule has 1 fully saturated rings. The fourth-order valence-corrected chi connectivity index (χ4v) is 5.43. The molecule has 3 aliphatic rings. The van der Waals surface area contributed by atoms with Crippen LogP contribution in [0, 0.1) is 17.3 Å². The minimum atomic E-state index is 0.434. The molecule has 0 saturated heterocycles. The third-order valence-electron chi connectivity index (χ3n) is 6.46. The number of phenols is 1. The lowest BCUT2D eigenvalue weighted by molar-refractivity contribution is 0.0654. The molecule has 1 aromatic rings. The van der Waals surface area contributed by atoms with E-state index in [1.807, 2.05) is 12.1 Å². The zero-order valence-corrected chi connectivity index (χ0v) is 12.3. The molecule has 0 aromatic heterocycles. The molecule has 1 N–H and O–H groups in total. The molecule has 0 aliphatic heterocycles. The van der Waals surface area contributed by atoms with Crippen LogP contribution in [0.1, 0.15) is 56.1 Å². The first-order chi connectivity index (χ1) is 9.73. The van der Waals surface area contributed by atoms with Crippen molar-refractivity contribution < 1.29 is 5.11 Å². The average molecular weight is 268 g/mol. The Kier molecular flexibility index (Phi) is 2.73. The van der Waals surface area contributed by atoms with Gasteiger partial charge in [-0.25, -0.2) is 0 Å². The molecule has 1 nitrogen and oxygen atoms in total. The summed E-state index contributed by atoms with van der Waals surface area (Å²) in [6, 6.07) is 6.08. The van der Waals surface area contributed by atoms with Gasteiger partial charge in [0.2, 0.25) is 0 Å². The topological polar surface area (TPSA) is 20.2 Å². The van der Waals surface area contributed by atoms with Crippen molar-refractivity contribution >= 4 is 0 Å². The number of benzene rings is 1. The van der Waals surface area contributed by atoms with Gasteiger partial charge >= 0.3 is 0 Å². The number of phenolic OH excluding ortho intramolecular Hbond substituents is 1. The fraction of sp³-hybridized carbons (Fsp3) is 0.579. The Hall–Kier alpha value is -1.24. The number of fused-ring (bicyclic) bond motifs is 5. The minimum absolute atomic E-state index is 0.434. The molecule has 4 rings (SSSR count). The molecule has 0 bridgehead atoms. The van der Waals surface area contributed by atoms with Crippen molar-refractivity contribution in [3.63, 3.8) is 0 Å². The van der Waals surface area contributed by atoms with E-state index in [-0.39, 0.29) is 0 Å². The van der Waals surface area contributed by atoms with Crippen LogP contribution < -0.4 is 0 Å². The molecule has 20 heavy (non-hydrogen) atoms. The van der Waals surface area contributed by atoms with E-state index >= 15 is 0 Å². The molecule has 1 saturated carbocycles. The highest BCUT2D eigenvalue weighted by Crippen LogP contribution is 2.60. The Morgan fingerprint density at radius 3 is 3.05 bits per heavy atom. The van der Waals surface area contributed by atoms with Crippen molar-refractivity contribution in [3.8, 4) is 5.75 Å². The Morgan fingerprint density at radius 1 is 1.30 bits per heavy atom. The highest BCUT2D eigenvalue weighted by molar-refractivity contribution is 5.40. The van der Waals surface area contributed by atoms with Crippen molar-refractivity contribution in [1.29, 1.82) is 0 Å². The van der Waals surface area contributed by atoms with E-state index in [2.05, 4.69) is 25.1 Å². The van der Waals surface area contributed by atoms with Gasteiger partial charge in [0.25, 0.3) is 0 Å². The second kappa shape index (κ2) is 4.38. The number of allylic oxidation sites excluding steroid dienone is 2. The van der Waals surface area contributed by atoms with E-state index < -0.39 is 0 Å². The summed E-state index contributed by atoms with van der Waals surface area (Å²) < 4.78 is 0. The minimum Gasteiger partial charge on any atom is -0.508 e. The Labute approximate surface area is 121 Å². The molecule has 3 aliphatic carbocycles. The summed E-state index contributed by atoms with van der Waals surface area (Å²) in [6.45, 7) is 2.37. The summed E-state index contributed by atoms with van der Waals surface area (Å²) in [6.07, 6.45) is 12.7. The maximum absolute atomic E-state index is 9.70. The third kappa shape index (κ3) is 1.62. The quantitative estimate of drug-likeness (QED) is 0.725. The molecule has 0 unspecified atom stereocenters. The van der Waals surface area contributed by atoms with Crippen molar-refractivity contribution in [2.45, 2.75) is 51.4 Å². The smallest absolute Gasteiger partial charge is 0.115 e. The lowest BCUT2D eigenvalue weighted by Crippen LogP contribution is -2.40. The van der Waals surface area contributed by atoms with Gasteiger partial charge in [0.1, 0.15) is 5.75 Å². The number of hydrogen-bond donors (Lipinski definition) is 1. The monoisotopic (exact) mass is 268 g/mol. The second-order valence-electron chi connectivity index (χ2n) is 7.06. The van der Waals surface area contributed by atoms with Crippen LogP contribution in [0.5, 0.6) is 5.75 Å². The van der Waals surface area contributed by atoms with E-state index in [1.54, 1.807) is 0 Å². The van der Waals surface area contributed by atoms with Crippen molar-refractivity contribution in [1.82, 2.24) is 0 Å². The molecule has 1 aromatic carbocycles. The summed E-state index contributed by atoms with van der Waals surface area (Å²) in [7, 11) is 0. The number of aryl methyl sites for hydroxylation is 1. The van der Waals surface area contributed by atoms with E-state index in [0.29, 0.717) is 11.2 Å². The largest absolute Gasteiger partial charge is 0.508 e. The molecular weight excluding hydrogens is 244 g/mol. The molecule has 0 amide bonds. The van der Waals surface area contributed by atoms with E-state index in [1.165, 1.54) is 43.2 Å². The zero-order chi connectivity index (χ0) is 13.7. The van der Waals surface area contributed by atoms with Gasteiger partial charge in [-0.2, -0.15) is 0 Å². The molecule has 106 valence electrons. The van der Waals surface area contributed by atoms with Crippen LogP contribution in [0.4, 0.5) is 0 Å². The van der Waals surface area contributed by atoms with Crippen LogP contribution in [0.25, 0.3) is 0 Å². The van der Waals surface area contributed by atoms with Gasteiger partial charge in [-0.05, 0) is 85.0 Å². The first-order valence-corrected chi connectivity index (χ1v) is 8.23. The SMILES string of the molecule is CC[C@@]12C=CC[C@H]1[C@@H]1CCc3cc(O)ccc3[C@H]1CC2. The van der Waals surface area contributed by atoms with Gasteiger partial charge in [0.05, 0.1) is 0 Å². The van der Waals surface area contributed by atoms with Crippen molar-refractivity contribution in [2.75, 3.05) is 0 Å². The van der Waals surface area contributed by atoms with Crippen molar-refractivity contribution in [2.24, 2.45) is 17.3 Å². The average Bonchev–Trinajstić information content (AvgIpc) is 2.91. The van der Waals surface area contributed by atoms with Crippen LogP contribution >= 0.6 is 0 Å². The first-order valence-electron chi connectivity index (χ1n) is 8.23. The molecule has 0 heterocycles. The van der Waals surface area contributed by atoms with Gasteiger partial charge in [0.15, 0.2) is 0 Å². The molecular formula is C19H24O. The summed E-state index contributed by atoms with van der Waals surface area (Å²) in [4.78, 5) is 0. The van der Waals surface area contributed by atoms with E-state index in [0.717, 1.165) is 24.2 Å². The van der Waals surface area contributed by atoms with Gasteiger partial charge in [-0.15, -0.1) is 0 Å². The Balaban J connectivity index is 1.71. The standard InChI is InChI=1S/C19H24O/c1-2-19-10-3-4-18(19)17-7-5-13-12-14(20)6-8-15(13)16(17)9-11-19/h3,6,8,10,12,16-18,20H,2,4-5,7,9,11H2,1H3/t16-,17-,18+,19+/m1/s1. The van der Waals surface area contributed by atoms with Gasteiger partial charge in [0, 0.05) is 0 Å². The molecule has 4 atom stereocenters. The maximum Gasteiger partial charge on any atom is 0.115 e. The lowest BCUT2D eigenvalue weighted by Gasteiger charge is -2.50. The number of aromatic hydroxyl groups is 1. The fourth-order valence-electron chi connectivity index (χ4n) is 5.43. The lowest BCUT2D eigenvalue weighted by atomic mass is 9.54. The van der Waals surface area contributed by atoms with Crippen molar-refractivity contribution in [3.05, 3.63) is 41.5 Å². The van der Waals surface area contributed by atoms with E-state index in [4.69, 9.17) is 0 Å². The predicted octanol–water partition coefficient (Wildman–Crippen LogP) is 4.80. The van der Waals surface area contributed by atoms with Crippen LogP contribution in [-0.4, -0.2) is 5.11 Å². The molecule has 1 heteroatoms. The van der Waals surface area contributed by atoms with Crippen LogP contribution in [0.3, 0.4) is 0 Å². The summed E-state index contributed by atoms with van der Waals surface area (Å²) >= 11 is 0. The summed E-state index contributed by atoms with van der Waals surface area (Å²) in [5.74, 6) is 2.90. The highest BCUT2D eigenvalue weighted by Gasteiger charge is 2.49. The molecule has 0 radical (unpaired) electrons. The maximum atomic E-state index is 9.70. The summed E-state index contributed by atoms with van der Waals surface area (Å²) in [5.41, 5.74) is 3.45. The number of rotatable bonds is 1. The van der Waals surface area contributed by atoms with E-state index in [9.17, 15) is 5.11 Å². The predicted molar refractivity (Wildman–Crippen MR) is 81.9 cm³/mol. The number of hydrogen-bond acceptors (Lipinski definition) is 1. The van der Waals surface area contributed by atoms with Crippen LogP contribution in [0.15, 0.2) is 30.4 Å².